The summed E-state index contributed by atoms with van der Waals surface area (Å²) in [6, 6.07) is 5.15. The number of ketones is 1. The molecule has 0 aliphatic carbocycles. The Morgan fingerprint density at radius 1 is 1.38 bits per heavy atom. The predicted molar refractivity (Wildman–Crippen MR) is 80.0 cm³/mol. The number of benzene rings is 1. The van der Waals surface area contributed by atoms with Crippen molar-refractivity contribution < 1.29 is 14.3 Å². The lowest BCUT2D eigenvalue weighted by molar-refractivity contribution is -0.145. The molecule has 1 heterocycles. The Labute approximate surface area is 128 Å². The third kappa shape index (κ3) is 3.75. The van der Waals surface area contributed by atoms with Crippen LogP contribution in [0.4, 0.5) is 0 Å². The zero-order valence-corrected chi connectivity index (χ0v) is 12.9. The summed E-state index contributed by atoms with van der Waals surface area (Å²) >= 11 is 3.29. The van der Waals surface area contributed by atoms with Crippen molar-refractivity contribution in [2.45, 2.75) is 19.9 Å². The van der Waals surface area contributed by atoms with Crippen LogP contribution in [0, 0.1) is 0 Å². The Kier molecular flexibility index (Phi) is 4.85. The molecule has 0 atom stereocenters. The first-order valence-electron chi connectivity index (χ1n) is 6.33. The quantitative estimate of drug-likeness (QED) is 0.604. The molecule has 0 bridgehead atoms. The second kappa shape index (κ2) is 6.62. The first-order valence-corrected chi connectivity index (χ1v) is 7.12. The molecule has 1 aromatic carbocycles. The molecule has 0 unspecified atom stereocenters. The highest BCUT2D eigenvalue weighted by Crippen LogP contribution is 2.14. The molecule has 0 fully saturated rings. The summed E-state index contributed by atoms with van der Waals surface area (Å²) in [4.78, 5) is 39.4. The van der Waals surface area contributed by atoms with Gasteiger partial charge in [0.2, 0.25) is 0 Å². The summed E-state index contributed by atoms with van der Waals surface area (Å²) in [6.07, 6.45) is 0.957. The Morgan fingerprint density at radius 3 is 2.86 bits per heavy atom. The van der Waals surface area contributed by atoms with Gasteiger partial charge in [0.05, 0.1) is 30.4 Å². The minimum Gasteiger partial charge on any atom is -0.466 e. The van der Waals surface area contributed by atoms with Gasteiger partial charge in [-0.15, -0.1) is 0 Å². The molecular weight excluding hydrogens is 340 g/mol. The van der Waals surface area contributed by atoms with Crippen molar-refractivity contribution >= 4 is 38.6 Å². The largest absolute Gasteiger partial charge is 0.466 e. The number of halogens is 1. The summed E-state index contributed by atoms with van der Waals surface area (Å²) in [5, 5.41) is 0.413. The highest BCUT2D eigenvalue weighted by atomic mass is 79.9. The van der Waals surface area contributed by atoms with E-state index in [2.05, 4.69) is 20.9 Å². The van der Waals surface area contributed by atoms with Crippen LogP contribution >= 0.6 is 15.9 Å². The van der Waals surface area contributed by atoms with Gasteiger partial charge in [-0.1, -0.05) is 15.9 Å². The van der Waals surface area contributed by atoms with E-state index in [-0.39, 0.29) is 25.1 Å². The lowest BCUT2D eigenvalue weighted by Crippen LogP contribution is -2.26. The summed E-state index contributed by atoms with van der Waals surface area (Å²) in [5.41, 5.74) is 0.232. The van der Waals surface area contributed by atoms with Gasteiger partial charge in [-0.05, 0) is 25.1 Å². The molecule has 21 heavy (non-hydrogen) atoms. The summed E-state index contributed by atoms with van der Waals surface area (Å²) < 4.78 is 6.64. The monoisotopic (exact) mass is 352 g/mol. The molecule has 0 saturated carbocycles. The van der Waals surface area contributed by atoms with Crippen LogP contribution in [0.3, 0.4) is 0 Å². The molecule has 0 aliphatic rings. The second-order valence-electron chi connectivity index (χ2n) is 4.36. The number of hydrogen-bond donors (Lipinski definition) is 0. The van der Waals surface area contributed by atoms with Gasteiger partial charge in [0.15, 0.2) is 5.78 Å². The van der Waals surface area contributed by atoms with E-state index < -0.39 is 11.8 Å². The minimum atomic E-state index is -0.591. The molecule has 6 nitrogen and oxygen atoms in total. The van der Waals surface area contributed by atoms with Gasteiger partial charge in [-0.2, -0.15) is 0 Å². The minimum absolute atomic E-state index is 0.201. The van der Waals surface area contributed by atoms with E-state index >= 15 is 0 Å². The Morgan fingerprint density at radius 2 is 2.14 bits per heavy atom. The molecular formula is C14H13BrN2O4. The smallest absolute Gasteiger partial charge is 0.313 e. The van der Waals surface area contributed by atoms with Crippen LogP contribution in [0.2, 0.25) is 0 Å². The standard InChI is InChI=1S/C14H13BrN2O4/c1-2-21-13(19)6-10(18)7-17-8-16-12-4-3-9(15)5-11(12)14(17)20/h3-5,8H,2,6-7H2,1H3. The van der Waals surface area contributed by atoms with Crippen molar-refractivity contribution in [1.29, 1.82) is 0 Å². The van der Waals surface area contributed by atoms with Gasteiger partial charge in [0, 0.05) is 4.47 Å². The Balaban J connectivity index is 2.23. The van der Waals surface area contributed by atoms with E-state index in [1.54, 1.807) is 25.1 Å². The predicted octanol–water partition coefficient (Wildman–Crippen LogP) is 1.68. The molecule has 0 N–H and O–H groups in total. The third-order valence-corrected chi connectivity index (χ3v) is 3.27. The maximum atomic E-state index is 12.3. The number of nitrogens with zero attached hydrogens (tertiary/aromatic N) is 2. The van der Waals surface area contributed by atoms with Gasteiger partial charge in [0.1, 0.15) is 6.42 Å². The van der Waals surface area contributed by atoms with Crippen molar-refractivity contribution in [2.75, 3.05) is 6.61 Å². The molecule has 0 spiro atoms. The number of hydrogen-bond acceptors (Lipinski definition) is 5. The van der Waals surface area contributed by atoms with E-state index in [0.717, 1.165) is 4.47 Å². The maximum Gasteiger partial charge on any atom is 0.313 e. The average molecular weight is 353 g/mol. The number of Topliss-reactive ketones (excluding diaryl/α,β-unsaturated/α-hetero) is 1. The highest BCUT2D eigenvalue weighted by Gasteiger charge is 2.13. The van der Waals surface area contributed by atoms with E-state index in [9.17, 15) is 14.4 Å². The van der Waals surface area contributed by atoms with Gasteiger partial charge < -0.3 is 4.74 Å². The van der Waals surface area contributed by atoms with E-state index in [1.807, 2.05) is 0 Å². The number of esters is 1. The summed E-state index contributed by atoms with van der Waals surface area (Å²) in [6.45, 7) is 1.68. The number of carbonyl (C=O) groups excluding carboxylic acids is 2. The van der Waals surface area contributed by atoms with Crippen LogP contribution in [0.25, 0.3) is 10.9 Å². The van der Waals surface area contributed by atoms with E-state index in [4.69, 9.17) is 4.74 Å². The Hall–Kier alpha value is -2.02. The fourth-order valence-corrected chi connectivity index (χ4v) is 2.22. The van der Waals surface area contributed by atoms with Gasteiger partial charge in [-0.25, -0.2) is 4.98 Å². The van der Waals surface area contributed by atoms with Crippen molar-refractivity contribution in [3.8, 4) is 0 Å². The number of ether oxygens (including phenoxy) is 1. The van der Waals surface area contributed by atoms with E-state index in [1.165, 1.54) is 10.9 Å². The summed E-state index contributed by atoms with van der Waals surface area (Å²) in [5.74, 6) is -0.987. The van der Waals surface area contributed by atoms with Gasteiger partial charge >= 0.3 is 5.97 Å². The van der Waals surface area contributed by atoms with Crippen LogP contribution < -0.4 is 5.56 Å². The van der Waals surface area contributed by atoms with Crippen molar-refractivity contribution in [1.82, 2.24) is 9.55 Å². The first kappa shape index (κ1) is 15.4. The molecule has 0 radical (unpaired) electrons. The fourth-order valence-electron chi connectivity index (χ4n) is 1.86. The number of aromatic nitrogens is 2. The van der Waals surface area contributed by atoms with Crippen LogP contribution in [0.1, 0.15) is 13.3 Å². The lowest BCUT2D eigenvalue weighted by Gasteiger charge is -2.06. The van der Waals surface area contributed by atoms with Crippen LogP contribution in [0.5, 0.6) is 0 Å². The summed E-state index contributed by atoms with van der Waals surface area (Å²) in [7, 11) is 0. The molecule has 2 rings (SSSR count). The van der Waals surface area contributed by atoms with Crippen LogP contribution in [-0.4, -0.2) is 27.9 Å². The molecule has 2 aromatic rings. The fraction of sp³-hybridized carbons (Fsp3) is 0.286. The molecule has 0 aliphatic heterocycles. The molecule has 0 amide bonds. The number of fused-ring (bicyclic) bond motifs is 1. The SMILES string of the molecule is CCOC(=O)CC(=O)Cn1cnc2ccc(Br)cc2c1=O. The molecule has 7 heteroatoms. The first-order chi connectivity index (χ1) is 10.0. The normalized spacial score (nSPS) is 10.6. The third-order valence-electron chi connectivity index (χ3n) is 2.78. The van der Waals surface area contributed by atoms with E-state index in [0.29, 0.717) is 10.9 Å². The zero-order valence-electron chi connectivity index (χ0n) is 11.3. The second-order valence-corrected chi connectivity index (χ2v) is 5.28. The molecule has 1 aromatic heterocycles. The van der Waals surface area contributed by atoms with Crippen LogP contribution in [-0.2, 0) is 20.9 Å². The zero-order chi connectivity index (χ0) is 15.4. The maximum absolute atomic E-state index is 12.3. The lowest BCUT2D eigenvalue weighted by atomic mass is 10.2. The van der Waals surface area contributed by atoms with Crippen molar-refractivity contribution in [2.24, 2.45) is 0 Å². The van der Waals surface area contributed by atoms with Crippen molar-refractivity contribution in [3.63, 3.8) is 0 Å². The Bertz CT molecular complexity index is 754. The average Bonchev–Trinajstić information content (AvgIpc) is 2.42. The molecule has 0 saturated heterocycles. The van der Waals surface area contributed by atoms with Crippen LogP contribution in [0.15, 0.2) is 33.8 Å². The highest BCUT2D eigenvalue weighted by molar-refractivity contribution is 9.10. The van der Waals surface area contributed by atoms with Crippen molar-refractivity contribution in [3.05, 3.63) is 39.4 Å². The topological polar surface area (TPSA) is 78.3 Å². The number of rotatable bonds is 5. The van der Waals surface area contributed by atoms with Gasteiger partial charge in [-0.3, -0.25) is 19.0 Å². The number of carbonyl (C=O) groups is 2. The molecule has 110 valence electrons. The van der Waals surface area contributed by atoms with Gasteiger partial charge in [0.25, 0.3) is 5.56 Å².